The van der Waals surface area contributed by atoms with E-state index in [-0.39, 0.29) is 17.9 Å². The van der Waals surface area contributed by atoms with Crippen LogP contribution in [0.5, 0.6) is 5.75 Å². The lowest BCUT2D eigenvalue weighted by molar-refractivity contribution is -0.122. The van der Waals surface area contributed by atoms with E-state index in [2.05, 4.69) is 0 Å². The smallest absolute Gasteiger partial charge is 0.223 e. The van der Waals surface area contributed by atoms with E-state index in [0.29, 0.717) is 6.61 Å². The molecule has 0 radical (unpaired) electrons. The van der Waals surface area contributed by atoms with E-state index in [9.17, 15) is 4.79 Å². The molecule has 94 valence electrons. The van der Waals surface area contributed by atoms with Gasteiger partial charge in [-0.05, 0) is 31.0 Å². The summed E-state index contributed by atoms with van der Waals surface area (Å²) in [5, 5.41) is 0. The van der Waals surface area contributed by atoms with Crippen LogP contribution in [0.4, 0.5) is 0 Å². The Balaban J connectivity index is 2.70. The van der Waals surface area contributed by atoms with Crippen molar-refractivity contribution in [3.8, 4) is 5.75 Å². The number of aryl methyl sites for hydroxylation is 1. The number of ether oxygens (including phenoxy) is 1. The molecule has 17 heavy (non-hydrogen) atoms. The van der Waals surface area contributed by atoms with Gasteiger partial charge in [-0.1, -0.05) is 19.1 Å². The van der Waals surface area contributed by atoms with Crippen LogP contribution in [0.15, 0.2) is 18.2 Å². The summed E-state index contributed by atoms with van der Waals surface area (Å²) in [4.78, 5) is 10.9. The summed E-state index contributed by atoms with van der Waals surface area (Å²) >= 11 is 0. The lowest BCUT2D eigenvalue weighted by Crippen LogP contribution is -2.25. The molecule has 4 nitrogen and oxygen atoms in total. The second kappa shape index (κ2) is 5.68. The maximum absolute atomic E-state index is 10.9. The molecule has 0 aliphatic carbocycles. The van der Waals surface area contributed by atoms with Crippen LogP contribution >= 0.6 is 0 Å². The molecule has 0 saturated heterocycles. The second-order valence-corrected chi connectivity index (χ2v) is 4.43. The third-order valence-corrected chi connectivity index (χ3v) is 2.70. The number of nitrogens with two attached hydrogens (primary N) is 2. The summed E-state index contributed by atoms with van der Waals surface area (Å²) in [7, 11) is 0. The number of carbonyl (C=O) groups excluding carboxylic acids is 1. The van der Waals surface area contributed by atoms with Gasteiger partial charge in [0, 0.05) is 6.04 Å². The molecule has 0 aliphatic heterocycles. The van der Waals surface area contributed by atoms with Crippen molar-refractivity contribution in [1.82, 2.24) is 0 Å². The summed E-state index contributed by atoms with van der Waals surface area (Å²) in [5.41, 5.74) is 13.0. The van der Waals surface area contributed by atoms with E-state index in [1.807, 2.05) is 32.0 Å². The zero-order valence-corrected chi connectivity index (χ0v) is 10.6. The normalized spacial score (nSPS) is 14.1. The topological polar surface area (TPSA) is 78.3 Å². The third-order valence-electron chi connectivity index (χ3n) is 2.70. The highest BCUT2D eigenvalue weighted by Crippen LogP contribution is 2.22. The monoisotopic (exact) mass is 236 g/mol. The first kappa shape index (κ1) is 13.5. The molecule has 0 saturated carbocycles. The van der Waals surface area contributed by atoms with Crippen LogP contribution in [0.1, 0.15) is 31.0 Å². The fourth-order valence-electron chi connectivity index (χ4n) is 1.41. The van der Waals surface area contributed by atoms with Gasteiger partial charge in [-0.25, -0.2) is 0 Å². The first-order chi connectivity index (χ1) is 7.91. The van der Waals surface area contributed by atoms with Crippen molar-refractivity contribution in [2.24, 2.45) is 17.4 Å². The predicted molar refractivity (Wildman–Crippen MR) is 67.6 cm³/mol. The summed E-state index contributed by atoms with van der Waals surface area (Å²) in [6, 6.07) is 5.81. The SMILES string of the molecule is Cc1cc(C(C)N)ccc1OCC(C)C(N)=O. The molecule has 4 N–H and O–H groups in total. The van der Waals surface area contributed by atoms with Gasteiger partial charge in [-0.15, -0.1) is 0 Å². The molecule has 0 heterocycles. The Morgan fingerprint density at radius 1 is 1.41 bits per heavy atom. The summed E-state index contributed by atoms with van der Waals surface area (Å²) < 4.78 is 5.55. The molecule has 0 bridgehead atoms. The molecule has 0 spiro atoms. The molecular formula is C13H20N2O2. The first-order valence-corrected chi connectivity index (χ1v) is 5.70. The number of benzene rings is 1. The number of amides is 1. The molecule has 4 heteroatoms. The van der Waals surface area contributed by atoms with Crippen LogP contribution in [0.25, 0.3) is 0 Å². The van der Waals surface area contributed by atoms with Crippen LogP contribution in [0.2, 0.25) is 0 Å². The molecule has 1 rings (SSSR count). The van der Waals surface area contributed by atoms with E-state index >= 15 is 0 Å². The van der Waals surface area contributed by atoms with Crippen LogP contribution < -0.4 is 16.2 Å². The fraction of sp³-hybridized carbons (Fsp3) is 0.462. The van der Waals surface area contributed by atoms with E-state index in [1.54, 1.807) is 6.92 Å². The molecule has 0 aromatic heterocycles. The molecule has 1 aromatic carbocycles. The zero-order chi connectivity index (χ0) is 13.0. The molecular weight excluding hydrogens is 216 g/mol. The Labute approximate surface area is 102 Å². The molecule has 0 fully saturated rings. The Bertz CT molecular complexity index is 402. The minimum atomic E-state index is -0.352. The van der Waals surface area contributed by atoms with Crippen molar-refractivity contribution in [3.05, 3.63) is 29.3 Å². The summed E-state index contributed by atoms with van der Waals surface area (Å²) in [6.45, 7) is 5.93. The van der Waals surface area contributed by atoms with Crippen LogP contribution in [-0.4, -0.2) is 12.5 Å². The van der Waals surface area contributed by atoms with E-state index in [4.69, 9.17) is 16.2 Å². The molecule has 1 aromatic rings. The second-order valence-electron chi connectivity index (χ2n) is 4.43. The number of rotatable bonds is 5. The minimum absolute atomic E-state index is 0.00675. The maximum atomic E-state index is 10.9. The fourth-order valence-corrected chi connectivity index (χ4v) is 1.41. The highest BCUT2D eigenvalue weighted by atomic mass is 16.5. The van der Waals surface area contributed by atoms with E-state index < -0.39 is 0 Å². The van der Waals surface area contributed by atoms with Crippen molar-refractivity contribution < 1.29 is 9.53 Å². The van der Waals surface area contributed by atoms with Crippen LogP contribution in [0.3, 0.4) is 0 Å². The largest absolute Gasteiger partial charge is 0.493 e. The molecule has 0 aliphatic rings. The first-order valence-electron chi connectivity index (χ1n) is 5.70. The molecule has 2 atom stereocenters. The minimum Gasteiger partial charge on any atom is -0.493 e. The van der Waals surface area contributed by atoms with Gasteiger partial charge in [0.2, 0.25) is 5.91 Å². The van der Waals surface area contributed by atoms with Crippen molar-refractivity contribution >= 4 is 5.91 Å². The van der Waals surface area contributed by atoms with Crippen LogP contribution in [0, 0.1) is 12.8 Å². The van der Waals surface area contributed by atoms with Gasteiger partial charge in [0.15, 0.2) is 0 Å². The summed E-state index contributed by atoms with van der Waals surface area (Å²) in [5.74, 6) is 0.125. The van der Waals surface area contributed by atoms with Gasteiger partial charge in [-0.2, -0.15) is 0 Å². The third kappa shape index (κ3) is 3.75. The molecule has 1 amide bonds. The van der Waals surface area contributed by atoms with Gasteiger partial charge in [-0.3, -0.25) is 4.79 Å². The van der Waals surface area contributed by atoms with Crippen molar-refractivity contribution in [2.45, 2.75) is 26.8 Å². The van der Waals surface area contributed by atoms with Crippen molar-refractivity contribution in [1.29, 1.82) is 0 Å². The van der Waals surface area contributed by atoms with Gasteiger partial charge in [0.25, 0.3) is 0 Å². The quantitative estimate of drug-likeness (QED) is 0.813. The Kier molecular flexibility index (Phi) is 4.52. The average molecular weight is 236 g/mol. The van der Waals surface area contributed by atoms with E-state index in [0.717, 1.165) is 16.9 Å². The Morgan fingerprint density at radius 3 is 2.53 bits per heavy atom. The number of carbonyl (C=O) groups is 1. The van der Waals surface area contributed by atoms with Gasteiger partial charge in [0.1, 0.15) is 5.75 Å². The predicted octanol–water partition coefficient (Wildman–Crippen LogP) is 1.51. The zero-order valence-electron chi connectivity index (χ0n) is 10.6. The Morgan fingerprint density at radius 2 is 2.06 bits per heavy atom. The van der Waals surface area contributed by atoms with Crippen LogP contribution in [-0.2, 0) is 4.79 Å². The summed E-state index contributed by atoms with van der Waals surface area (Å²) in [6.07, 6.45) is 0. The lowest BCUT2D eigenvalue weighted by Gasteiger charge is -2.14. The van der Waals surface area contributed by atoms with E-state index in [1.165, 1.54) is 0 Å². The number of primary amides is 1. The van der Waals surface area contributed by atoms with Gasteiger partial charge >= 0.3 is 0 Å². The van der Waals surface area contributed by atoms with Gasteiger partial charge < -0.3 is 16.2 Å². The molecule has 2 unspecified atom stereocenters. The van der Waals surface area contributed by atoms with Crippen molar-refractivity contribution in [2.75, 3.05) is 6.61 Å². The highest BCUT2D eigenvalue weighted by molar-refractivity contribution is 5.76. The Hall–Kier alpha value is -1.55. The maximum Gasteiger partial charge on any atom is 0.223 e. The van der Waals surface area contributed by atoms with Crippen molar-refractivity contribution in [3.63, 3.8) is 0 Å². The van der Waals surface area contributed by atoms with Gasteiger partial charge in [0.05, 0.1) is 12.5 Å². The number of hydrogen-bond acceptors (Lipinski definition) is 3. The number of hydrogen-bond donors (Lipinski definition) is 2. The average Bonchev–Trinajstić information content (AvgIpc) is 2.26. The lowest BCUT2D eigenvalue weighted by atomic mass is 10.1. The highest BCUT2D eigenvalue weighted by Gasteiger charge is 2.10. The standard InChI is InChI=1S/C13H20N2O2/c1-8-6-11(10(3)14)4-5-12(8)17-7-9(2)13(15)16/h4-6,9-10H,7,14H2,1-3H3,(H2,15,16).